The van der Waals surface area contributed by atoms with Gasteiger partial charge in [-0.3, -0.25) is 0 Å². The Bertz CT molecular complexity index is 1210. The van der Waals surface area contributed by atoms with Crippen LogP contribution in [0.5, 0.6) is 0 Å². The van der Waals surface area contributed by atoms with Crippen molar-refractivity contribution >= 4 is 0 Å². The largest absolute Gasteiger partial charge is 0.304 e. The molecule has 6 rings (SSSR count). The summed E-state index contributed by atoms with van der Waals surface area (Å²) in [7, 11) is 0. The maximum absolute atomic E-state index is 4.48. The van der Waals surface area contributed by atoms with E-state index in [1.807, 2.05) is 0 Å². The Labute approximate surface area is 223 Å². The molecule has 2 aliphatic rings. The molecule has 188 valence electrons. The Morgan fingerprint density at radius 2 is 0.973 bits per heavy atom. The zero-order chi connectivity index (χ0) is 25.0. The Morgan fingerprint density at radius 1 is 0.486 bits per heavy atom. The minimum atomic E-state index is -0.256. The van der Waals surface area contributed by atoms with Crippen LogP contribution in [0.4, 0.5) is 0 Å². The van der Waals surface area contributed by atoms with Gasteiger partial charge in [0.25, 0.3) is 0 Å². The lowest BCUT2D eigenvalue weighted by molar-refractivity contribution is 0.0849. The smallest absolute Gasteiger partial charge is 0.0581 e. The number of hydrogen-bond acceptors (Lipinski definition) is 1. The zero-order valence-corrected chi connectivity index (χ0v) is 21.9. The molecule has 2 unspecified atom stereocenters. The lowest BCUT2D eigenvalue weighted by Crippen LogP contribution is -2.65. The van der Waals surface area contributed by atoms with Gasteiger partial charge in [0.15, 0.2) is 0 Å². The summed E-state index contributed by atoms with van der Waals surface area (Å²) in [5.41, 5.74) is 5.23. The molecule has 2 atom stereocenters. The molecule has 2 aliphatic carbocycles. The van der Waals surface area contributed by atoms with Crippen molar-refractivity contribution < 1.29 is 0 Å². The maximum atomic E-state index is 4.48. The van der Waals surface area contributed by atoms with E-state index in [1.54, 1.807) is 0 Å². The highest BCUT2D eigenvalue weighted by Gasteiger charge is 2.60. The van der Waals surface area contributed by atoms with E-state index < -0.39 is 0 Å². The topological polar surface area (TPSA) is 12.0 Å². The van der Waals surface area contributed by atoms with Crippen LogP contribution < -0.4 is 5.32 Å². The van der Waals surface area contributed by atoms with Gasteiger partial charge >= 0.3 is 0 Å². The van der Waals surface area contributed by atoms with Gasteiger partial charge < -0.3 is 5.32 Å². The van der Waals surface area contributed by atoms with Crippen molar-refractivity contribution in [2.45, 2.75) is 74.3 Å². The molecule has 0 bridgehead atoms. The third-order valence-electron chi connectivity index (χ3n) is 9.22. The standard InChI is InChI=1S/C36H39N/c1-6-17-29(18-7-1)34-27-16-28-35(30-19-8-2-9-20-30,37-33-25-14-5-15-26-33)36(34,31-21-10-3-11-22-31)32-23-12-4-13-24-32/h1-4,6-13,17-24,33-34,37H,5,14-16,25-28H2. The molecule has 0 heterocycles. The van der Waals surface area contributed by atoms with E-state index in [-0.39, 0.29) is 11.0 Å². The van der Waals surface area contributed by atoms with Crippen molar-refractivity contribution in [1.82, 2.24) is 5.32 Å². The molecule has 0 aliphatic heterocycles. The summed E-state index contributed by atoms with van der Waals surface area (Å²) < 4.78 is 0. The minimum Gasteiger partial charge on any atom is -0.304 e. The molecule has 0 aromatic heterocycles. The van der Waals surface area contributed by atoms with Gasteiger partial charge in [-0.15, -0.1) is 0 Å². The highest BCUT2D eigenvalue weighted by Crippen LogP contribution is 2.62. The van der Waals surface area contributed by atoms with E-state index in [2.05, 4.69) is 127 Å². The number of nitrogens with one attached hydrogen (secondary N) is 1. The summed E-state index contributed by atoms with van der Waals surface area (Å²) in [6.07, 6.45) is 10.1. The zero-order valence-electron chi connectivity index (χ0n) is 21.9. The number of rotatable bonds is 6. The summed E-state index contributed by atoms with van der Waals surface area (Å²) in [5.74, 6) is 0.351. The first-order valence-electron chi connectivity index (χ1n) is 14.3. The van der Waals surface area contributed by atoms with Gasteiger partial charge in [-0.25, -0.2) is 0 Å². The first-order valence-corrected chi connectivity index (χ1v) is 14.3. The van der Waals surface area contributed by atoms with Crippen LogP contribution in [-0.2, 0) is 11.0 Å². The first-order chi connectivity index (χ1) is 18.3. The summed E-state index contributed by atoms with van der Waals surface area (Å²) in [5, 5.41) is 4.48. The van der Waals surface area contributed by atoms with Crippen LogP contribution in [0, 0.1) is 0 Å². The van der Waals surface area contributed by atoms with Gasteiger partial charge in [0.05, 0.1) is 5.54 Å². The molecule has 4 aromatic rings. The van der Waals surface area contributed by atoms with Crippen LogP contribution in [0.25, 0.3) is 0 Å². The van der Waals surface area contributed by atoms with Gasteiger partial charge in [-0.1, -0.05) is 147 Å². The maximum Gasteiger partial charge on any atom is 0.0581 e. The lowest BCUT2D eigenvalue weighted by atomic mass is 9.47. The fourth-order valence-corrected chi connectivity index (χ4v) is 7.81. The van der Waals surface area contributed by atoms with Gasteiger partial charge in [-0.05, 0) is 53.9 Å². The van der Waals surface area contributed by atoms with E-state index in [1.165, 1.54) is 67.2 Å². The molecule has 1 heteroatoms. The second kappa shape index (κ2) is 10.7. The predicted molar refractivity (Wildman–Crippen MR) is 155 cm³/mol. The second-order valence-corrected chi connectivity index (χ2v) is 11.1. The lowest BCUT2D eigenvalue weighted by Gasteiger charge is -2.60. The summed E-state index contributed by atoms with van der Waals surface area (Å²) in [6.45, 7) is 0. The molecule has 4 aromatic carbocycles. The first kappa shape index (κ1) is 24.2. The normalized spacial score (nSPS) is 23.9. The highest BCUT2D eigenvalue weighted by atomic mass is 15.0. The Kier molecular flexibility index (Phi) is 6.98. The van der Waals surface area contributed by atoms with Crippen molar-refractivity contribution in [3.63, 3.8) is 0 Å². The highest BCUT2D eigenvalue weighted by molar-refractivity contribution is 5.53. The van der Waals surface area contributed by atoms with Crippen LogP contribution in [0.15, 0.2) is 121 Å². The van der Waals surface area contributed by atoms with E-state index in [4.69, 9.17) is 0 Å². The fraction of sp³-hybridized carbons (Fsp3) is 0.333. The predicted octanol–water partition coefficient (Wildman–Crippen LogP) is 8.76. The molecule has 1 N–H and O–H groups in total. The van der Waals surface area contributed by atoms with Crippen molar-refractivity contribution in [2.24, 2.45) is 0 Å². The van der Waals surface area contributed by atoms with Gasteiger partial charge in [-0.2, -0.15) is 0 Å². The van der Waals surface area contributed by atoms with Crippen molar-refractivity contribution in [3.05, 3.63) is 144 Å². The van der Waals surface area contributed by atoms with E-state index >= 15 is 0 Å². The van der Waals surface area contributed by atoms with Crippen molar-refractivity contribution in [3.8, 4) is 0 Å². The molecule has 1 nitrogen and oxygen atoms in total. The minimum absolute atomic E-state index is 0.224. The summed E-state index contributed by atoms with van der Waals surface area (Å²) in [6, 6.07) is 46.2. The van der Waals surface area contributed by atoms with Gasteiger partial charge in [0.2, 0.25) is 0 Å². The summed E-state index contributed by atoms with van der Waals surface area (Å²) in [4.78, 5) is 0. The third kappa shape index (κ3) is 4.24. The van der Waals surface area contributed by atoms with Gasteiger partial charge in [0.1, 0.15) is 0 Å². The molecule has 37 heavy (non-hydrogen) atoms. The van der Waals surface area contributed by atoms with Crippen LogP contribution in [0.1, 0.15) is 79.5 Å². The molecule has 0 saturated heterocycles. The Morgan fingerprint density at radius 3 is 1.51 bits per heavy atom. The van der Waals surface area contributed by atoms with E-state index in [0.29, 0.717) is 12.0 Å². The fourth-order valence-electron chi connectivity index (χ4n) is 7.81. The van der Waals surface area contributed by atoms with Crippen LogP contribution in [0.3, 0.4) is 0 Å². The average molecular weight is 486 g/mol. The van der Waals surface area contributed by atoms with Crippen molar-refractivity contribution in [2.75, 3.05) is 0 Å². The van der Waals surface area contributed by atoms with Crippen molar-refractivity contribution in [1.29, 1.82) is 0 Å². The number of benzene rings is 4. The molecule has 2 saturated carbocycles. The van der Waals surface area contributed by atoms with Crippen LogP contribution in [0.2, 0.25) is 0 Å². The van der Waals surface area contributed by atoms with Crippen LogP contribution >= 0.6 is 0 Å². The Balaban J connectivity index is 1.70. The number of hydrogen-bond donors (Lipinski definition) is 1. The quantitative estimate of drug-likeness (QED) is 0.288. The van der Waals surface area contributed by atoms with E-state index in [0.717, 1.165) is 6.42 Å². The Hall–Kier alpha value is -3.16. The summed E-state index contributed by atoms with van der Waals surface area (Å²) >= 11 is 0. The molecular formula is C36H39N. The monoisotopic (exact) mass is 485 g/mol. The molecule has 0 spiro atoms. The average Bonchev–Trinajstić information content (AvgIpc) is 2.99. The molecule has 0 radical (unpaired) electrons. The SMILES string of the molecule is c1ccc(C2CCCC(NC3CCCCC3)(c3ccccc3)C2(c2ccccc2)c2ccccc2)cc1. The molecular weight excluding hydrogens is 446 g/mol. The molecule has 2 fully saturated rings. The van der Waals surface area contributed by atoms with Gasteiger partial charge in [0, 0.05) is 11.5 Å². The second-order valence-electron chi connectivity index (χ2n) is 11.1. The molecule has 0 amide bonds. The van der Waals surface area contributed by atoms with Crippen LogP contribution in [-0.4, -0.2) is 6.04 Å². The van der Waals surface area contributed by atoms with E-state index in [9.17, 15) is 0 Å². The third-order valence-corrected chi connectivity index (χ3v) is 9.22.